The number of hydrogen-bond acceptors (Lipinski definition) is 16. The van der Waals surface area contributed by atoms with Gasteiger partial charge in [-0.3, -0.25) is 34.0 Å². The molecule has 0 atom stereocenters. The SMILES string of the molecule is CC(=O)c1c(C)c2cnc(Nc3ccc(N4CCN(CC(=O)NCCOCCOCCOCCNc5cccc(C(=O)Nc6nc(C)c(C)s6)c5C)CC4)cn3)nc2n(C2CCCC2)c1=O. The second-order valence-electron chi connectivity index (χ2n) is 16.6. The molecule has 2 aliphatic rings. The maximum absolute atomic E-state index is 13.6. The lowest BCUT2D eigenvalue weighted by molar-refractivity contribution is -0.122. The first-order valence-electron chi connectivity index (χ1n) is 22.7. The van der Waals surface area contributed by atoms with Crippen LogP contribution in [0.3, 0.4) is 0 Å². The van der Waals surface area contributed by atoms with Gasteiger partial charge in [-0.2, -0.15) is 4.98 Å². The molecule has 7 rings (SSSR count). The van der Waals surface area contributed by atoms with Crippen LogP contribution in [0.1, 0.15) is 81.1 Å². The average Bonchev–Trinajstić information content (AvgIpc) is 3.94. The summed E-state index contributed by atoms with van der Waals surface area (Å²) in [7, 11) is 0. The maximum Gasteiger partial charge on any atom is 0.263 e. The van der Waals surface area contributed by atoms with Crippen molar-refractivity contribution in [2.24, 2.45) is 0 Å². The van der Waals surface area contributed by atoms with Crippen molar-refractivity contribution in [3.8, 4) is 0 Å². The molecule has 352 valence electrons. The second-order valence-corrected chi connectivity index (χ2v) is 17.8. The molecule has 1 aromatic carbocycles. The van der Waals surface area contributed by atoms with E-state index in [1.54, 1.807) is 23.8 Å². The summed E-state index contributed by atoms with van der Waals surface area (Å²) >= 11 is 1.47. The third-order valence-electron chi connectivity index (χ3n) is 12.0. The van der Waals surface area contributed by atoms with Crippen LogP contribution in [-0.2, 0) is 19.0 Å². The van der Waals surface area contributed by atoms with Crippen LogP contribution in [0.5, 0.6) is 0 Å². The minimum atomic E-state index is -0.283. The molecule has 5 aromatic rings. The Bertz CT molecular complexity index is 2510. The number of rotatable bonds is 22. The number of benzene rings is 1. The van der Waals surface area contributed by atoms with Gasteiger partial charge in [-0.05, 0) is 82.9 Å². The van der Waals surface area contributed by atoms with Crippen LogP contribution in [0.25, 0.3) is 11.0 Å². The lowest BCUT2D eigenvalue weighted by atomic mass is 10.0. The van der Waals surface area contributed by atoms with Crippen molar-refractivity contribution < 1.29 is 28.6 Å². The van der Waals surface area contributed by atoms with Gasteiger partial charge in [0.05, 0.1) is 69.3 Å². The van der Waals surface area contributed by atoms with Crippen molar-refractivity contribution in [2.75, 3.05) is 106 Å². The molecule has 5 heterocycles. The van der Waals surface area contributed by atoms with E-state index in [9.17, 15) is 19.2 Å². The number of nitrogens with zero attached hydrogens (tertiary/aromatic N) is 7. The monoisotopic (exact) mass is 923 g/mol. The van der Waals surface area contributed by atoms with Gasteiger partial charge in [0.15, 0.2) is 10.9 Å². The number of thiazole rings is 1. The number of pyridine rings is 2. The number of fused-ring (bicyclic) bond motifs is 1. The molecular weight excluding hydrogens is 863 g/mol. The number of amides is 2. The Kier molecular flexibility index (Phi) is 16.8. The number of piperazine rings is 1. The number of nitrogens with one attached hydrogen (secondary N) is 4. The van der Waals surface area contributed by atoms with E-state index in [1.165, 1.54) is 18.3 Å². The molecule has 2 amide bonds. The lowest BCUT2D eigenvalue weighted by Gasteiger charge is -2.35. The van der Waals surface area contributed by atoms with Crippen LogP contribution in [0.4, 0.5) is 28.3 Å². The summed E-state index contributed by atoms with van der Waals surface area (Å²) in [4.78, 5) is 75.3. The predicted molar refractivity (Wildman–Crippen MR) is 257 cm³/mol. The van der Waals surface area contributed by atoms with E-state index in [0.717, 1.165) is 79.4 Å². The van der Waals surface area contributed by atoms with Gasteiger partial charge in [0.2, 0.25) is 11.9 Å². The van der Waals surface area contributed by atoms with Gasteiger partial charge in [0.25, 0.3) is 11.5 Å². The molecule has 1 aliphatic heterocycles. The normalized spacial score (nSPS) is 14.5. The van der Waals surface area contributed by atoms with Gasteiger partial charge < -0.3 is 35.1 Å². The van der Waals surface area contributed by atoms with E-state index in [0.29, 0.717) is 98.3 Å². The lowest BCUT2D eigenvalue weighted by Crippen LogP contribution is -2.49. The molecule has 4 N–H and O–H groups in total. The Morgan fingerprint density at radius 2 is 1.53 bits per heavy atom. The van der Waals surface area contributed by atoms with Crippen molar-refractivity contribution in [2.45, 2.75) is 66.3 Å². The van der Waals surface area contributed by atoms with Crippen LogP contribution < -0.4 is 31.7 Å². The summed E-state index contributed by atoms with van der Waals surface area (Å²) < 4.78 is 18.6. The van der Waals surface area contributed by atoms with E-state index < -0.39 is 0 Å². The fourth-order valence-electron chi connectivity index (χ4n) is 8.32. The molecule has 19 heteroatoms. The third kappa shape index (κ3) is 12.3. The number of anilines is 5. The molecule has 0 spiro atoms. The van der Waals surface area contributed by atoms with Crippen LogP contribution in [-0.4, -0.2) is 132 Å². The van der Waals surface area contributed by atoms with E-state index in [2.05, 4.69) is 46.0 Å². The zero-order valence-electron chi connectivity index (χ0n) is 38.5. The average molecular weight is 924 g/mol. The van der Waals surface area contributed by atoms with Crippen LogP contribution >= 0.6 is 11.3 Å². The largest absolute Gasteiger partial charge is 0.382 e. The van der Waals surface area contributed by atoms with Crippen LogP contribution in [0, 0.1) is 27.7 Å². The van der Waals surface area contributed by atoms with E-state index in [1.807, 2.05) is 51.2 Å². The number of ketones is 1. The first-order valence-corrected chi connectivity index (χ1v) is 23.5. The van der Waals surface area contributed by atoms with Gasteiger partial charge in [-0.25, -0.2) is 15.0 Å². The Hall–Kier alpha value is -5.86. The van der Waals surface area contributed by atoms with Crippen molar-refractivity contribution in [3.63, 3.8) is 0 Å². The Morgan fingerprint density at radius 3 is 2.20 bits per heavy atom. The minimum Gasteiger partial charge on any atom is -0.382 e. The van der Waals surface area contributed by atoms with Crippen molar-refractivity contribution in [1.29, 1.82) is 0 Å². The van der Waals surface area contributed by atoms with Crippen molar-refractivity contribution in [3.05, 3.63) is 85.9 Å². The number of carbonyl (C=O) groups is 3. The number of Topliss-reactive ketones (excluding diaryl/α,β-unsaturated/α-hetero) is 1. The molecule has 1 saturated heterocycles. The number of carbonyl (C=O) groups excluding carboxylic acids is 3. The van der Waals surface area contributed by atoms with E-state index >= 15 is 0 Å². The minimum absolute atomic E-state index is 0.000444. The van der Waals surface area contributed by atoms with E-state index in [-0.39, 0.29) is 34.8 Å². The standard InChI is InChI=1S/C47H61N11O7S/c1-30-37(44(61)55-47-52-32(3)34(5)66-47)11-8-12-39(30)48-15-21-63-23-25-65-26-24-64-22-16-49-41(60)29-56-17-19-57(20-18-56)36-13-14-40(50-27-36)53-46-51-28-38-31(2)42(33(4)59)45(62)58(43(38)54-46)35-9-6-7-10-35/h8,11-14,27-28,35,48H,6-7,9-10,15-26,29H2,1-5H3,(H,49,60)(H,52,55,61)(H,50,51,53,54). The summed E-state index contributed by atoms with van der Waals surface area (Å²) in [5.74, 6) is 0.422. The summed E-state index contributed by atoms with van der Waals surface area (Å²) in [5, 5.41) is 13.7. The van der Waals surface area contributed by atoms with Crippen molar-refractivity contribution >= 4 is 68.2 Å². The van der Waals surface area contributed by atoms with Gasteiger partial charge >= 0.3 is 0 Å². The first kappa shape index (κ1) is 48.1. The van der Waals surface area contributed by atoms with Crippen molar-refractivity contribution in [1.82, 2.24) is 34.7 Å². The topological polar surface area (TPSA) is 207 Å². The van der Waals surface area contributed by atoms with Gasteiger partial charge in [-0.15, -0.1) is 11.3 Å². The summed E-state index contributed by atoms with van der Waals surface area (Å²) in [6.07, 6.45) is 7.30. The Morgan fingerprint density at radius 1 is 0.818 bits per heavy atom. The Balaban J connectivity index is 0.727. The summed E-state index contributed by atoms with van der Waals surface area (Å²) in [6.45, 7) is 16.0. The highest BCUT2D eigenvalue weighted by molar-refractivity contribution is 7.15. The molecule has 1 saturated carbocycles. The number of ether oxygens (including phenoxy) is 3. The van der Waals surface area contributed by atoms with Gasteiger partial charge in [0, 0.05) is 73.0 Å². The molecule has 0 radical (unpaired) electrons. The molecule has 0 unspecified atom stereocenters. The number of aryl methyl sites for hydroxylation is 3. The maximum atomic E-state index is 13.6. The molecule has 4 aromatic heterocycles. The predicted octanol–water partition coefficient (Wildman–Crippen LogP) is 5.59. The van der Waals surface area contributed by atoms with E-state index in [4.69, 9.17) is 19.2 Å². The fraction of sp³-hybridized carbons (Fsp3) is 0.489. The highest BCUT2D eigenvalue weighted by Gasteiger charge is 2.26. The second kappa shape index (κ2) is 23.0. The fourth-order valence-corrected chi connectivity index (χ4v) is 9.13. The molecule has 66 heavy (non-hydrogen) atoms. The zero-order chi connectivity index (χ0) is 46.6. The zero-order valence-corrected chi connectivity index (χ0v) is 39.4. The highest BCUT2D eigenvalue weighted by Crippen LogP contribution is 2.32. The summed E-state index contributed by atoms with van der Waals surface area (Å²) in [6, 6.07) is 9.47. The molecule has 18 nitrogen and oxygen atoms in total. The van der Waals surface area contributed by atoms with Crippen LogP contribution in [0.2, 0.25) is 0 Å². The number of hydrogen-bond donors (Lipinski definition) is 4. The highest BCUT2D eigenvalue weighted by atomic mass is 32.1. The Labute approximate surface area is 388 Å². The summed E-state index contributed by atoms with van der Waals surface area (Å²) in [5.41, 5.74) is 5.28. The molecule has 1 aliphatic carbocycles. The number of aromatic nitrogens is 5. The van der Waals surface area contributed by atoms with Crippen LogP contribution in [0.15, 0.2) is 47.5 Å². The first-order chi connectivity index (χ1) is 32.0. The molecule has 2 fully saturated rings. The quantitative estimate of drug-likeness (QED) is 0.0493. The molecular formula is C47H61N11O7S. The van der Waals surface area contributed by atoms with Gasteiger partial charge in [-0.1, -0.05) is 18.9 Å². The smallest absolute Gasteiger partial charge is 0.263 e. The molecule has 0 bridgehead atoms. The van der Waals surface area contributed by atoms with Gasteiger partial charge in [0.1, 0.15) is 11.5 Å². The third-order valence-corrected chi connectivity index (χ3v) is 13.0.